The Morgan fingerprint density at radius 3 is 2.44 bits per heavy atom. The maximum Gasteiger partial charge on any atom is 0.122 e. The van der Waals surface area contributed by atoms with Crippen LogP contribution in [0.5, 0.6) is 5.75 Å². The molecule has 0 amide bonds. The Bertz CT molecular complexity index is 334. The van der Waals surface area contributed by atoms with Gasteiger partial charge in [-0.05, 0) is 42.0 Å². The monoisotopic (exact) mass is 221 g/mol. The standard InChI is InChI=1S/C14H23NO/c1-10(2)12-5-6-13(7-11(3)9-15)14(8-12)16-4/h5-6,8,10-11H,7,9,15H2,1-4H3. The lowest BCUT2D eigenvalue weighted by Crippen LogP contribution is -2.13. The van der Waals surface area contributed by atoms with E-state index in [4.69, 9.17) is 10.5 Å². The molecular formula is C14H23NO. The molecule has 0 spiro atoms. The highest BCUT2D eigenvalue weighted by molar-refractivity contribution is 5.39. The SMILES string of the molecule is COc1cc(C(C)C)ccc1CC(C)CN. The summed E-state index contributed by atoms with van der Waals surface area (Å²) in [5, 5.41) is 0. The molecule has 1 unspecified atom stereocenters. The lowest BCUT2D eigenvalue weighted by Gasteiger charge is -2.15. The number of ether oxygens (including phenoxy) is 1. The van der Waals surface area contributed by atoms with Gasteiger partial charge in [0.05, 0.1) is 7.11 Å². The van der Waals surface area contributed by atoms with E-state index in [1.807, 2.05) is 0 Å². The van der Waals surface area contributed by atoms with Crippen LogP contribution in [-0.4, -0.2) is 13.7 Å². The molecule has 16 heavy (non-hydrogen) atoms. The minimum atomic E-state index is 0.499. The first-order chi connectivity index (χ1) is 7.58. The van der Waals surface area contributed by atoms with Crippen LogP contribution in [0.4, 0.5) is 0 Å². The van der Waals surface area contributed by atoms with Crippen LogP contribution < -0.4 is 10.5 Å². The van der Waals surface area contributed by atoms with Gasteiger partial charge in [-0.2, -0.15) is 0 Å². The van der Waals surface area contributed by atoms with Gasteiger partial charge in [0, 0.05) is 0 Å². The summed E-state index contributed by atoms with van der Waals surface area (Å²) in [5.74, 6) is 2.03. The van der Waals surface area contributed by atoms with Crippen LogP contribution in [0.15, 0.2) is 18.2 Å². The first kappa shape index (κ1) is 13.0. The predicted octanol–water partition coefficient (Wildman–Crippen LogP) is 2.96. The Kier molecular flexibility index (Phi) is 4.81. The Morgan fingerprint density at radius 2 is 1.94 bits per heavy atom. The lowest BCUT2D eigenvalue weighted by atomic mass is 9.96. The molecule has 0 bridgehead atoms. The van der Waals surface area contributed by atoms with E-state index < -0.39 is 0 Å². The third-order valence-electron chi connectivity index (χ3n) is 2.95. The van der Waals surface area contributed by atoms with Crippen molar-refractivity contribution in [3.05, 3.63) is 29.3 Å². The van der Waals surface area contributed by atoms with E-state index in [1.165, 1.54) is 11.1 Å². The Hall–Kier alpha value is -1.02. The molecule has 2 nitrogen and oxygen atoms in total. The van der Waals surface area contributed by atoms with Crippen LogP contribution in [0.25, 0.3) is 0 Å². The summed E-state index contributed by atoms with van der Waals surface area (Å²) in [4.78, 5) is 0. The molecule has 0 saturated carbocycles. The maximum atomic E-state index is 5.65. The summed E-state index contributed by atoms with van der Waals surface area (Å²) < 4.78 is 5.44. The van der Waals surface area contributed by atoms with Gasteiger partial charge in [-0.25, -0.2) is 0 Å². The smallest absolute Gasteiger partial charge is 0.122 e. The molecule has 0 aromatic heterocycles. The second kappa shape index (κ2) is 5.90. The minimum absolute atomic E-state index is 0.499. The first-order valence-corrected chi connectivity index (χ1v) is 5.95. The summed E-state index contributed by atoms with van der Waals surface area (Å²) in [6.07, 6.45) is 0.984. The van der Waals surface area contributed by atoms with E-state index in [-0.39, 0.29) is 0 Å². The molecule has 0 aliphatic heterocycles. The molecule has 90 valence electrons. The van der Waals surface area contributed by atoms with E-state index >= 15 is 0 Å². The highest BCUT2D eigenvalue weighted by atomic mass is 16.5. The largest absolute Gasteiger partial charge is 0.496 e. The highest BCUT2D eigenvalue weighted by Gasteiger charge is 2.09. The van der Waals surface area contributed by atoms with Crippen LogP contribution in [0.2, 0.25) is 0 Å². The summed E-state index contributed by atoms with van der Waals surface area (Å²) in [6, 6.07) is 6.50. The Balaban J connectivity index is 2.93. The molecule has 0 saturated heterocycles. The fourth-order valence-electron chi connectivity index (χ4n) is 1.75. The number of rotatable bonds is 5. The summed E-state index contributed by atoms with van der Waals surface area (Å²) in [5.41, 5.74) is 8.22. The molecule has 1 aromatic rings. The van der Waals surface area contributed by atoms with Gasteiger partial charge in [-0.15, -0.1) is 0 Å². The van der Waals surface area contributed by atoms with Crippen molar-refractivity contribution in [1.29, 1.82) is 0 Å². The number of benzene rings is 1. The van der Waals surface area contributed by atoms with E-state index in [0.29, 0.717) is 11.8 Å². The topological polar surface area (TPSA) is 35.2 Å². The summed E-state index contributed by atoms with van der Waals surface area (Å²) >= 11 is 0. The van der Waals surface area contributed by atoms with Crippen molar-refractivity contribution in [2.45, 2.75) is 33.1 Å². The number of nitrogens with two attached hydrogens (primary N) is 1. The Morgan fingerprint density at radius 1 is 1.25 bits per heavy atom. The molecule has 0 aliphatic rings. The number of methoxy groups -OCH3 is 1. The van der Waals surface area contributed by atoms with Crippen molar-refractivity contribution in [2.24, 2.45) is 11.7 Å². The van der Waals surface area contributed by atoms with Crippen molar-refractivity contribution in [3.8, 4) is 5.75 Å². The summed E-state index contributed by atoms with van der Waals surface area (Å²) in [6.45, 7) is 7.26. The quantitative estimate of drug-likeness (QED) is 0.829. The fourth-order valence-corrected chi connectivity index (χ4v) is 1.75. The van der Waals surface area contributed by atoms with Crippen LogP contribution >= 0.6 is 0 Å². The summed E-state index contributed by atoms with van der Waals surface area (Å²) in [7, 11) is 1.73. The maximum absolute atomic E-state index is 5.65. The van der Waals surface area contributed by atoms with Crippen molar-refractivity contribution in [2.75, 3.05) is 13.7 Å². The second-order valence-corrected chi connectivity index (χ2v) is 4.77. The van der Waals surface area contributed by atoms with E-state index in [1.54, 1.807) is 7.11 Å². The molecule has 2 N–H and O–H groups in total. The van der Waals surface area contributed by atoms with Gasteiger partial charge in [0.1, 0.15) is 5.75 Å². The average molecular weight is 221 g/mol. The van der Waals surface area contributed by atoms with Gasteiger partial charge in [-0.3, -0.25) is 0 Å². The number of hydrogen-bond donors (Lipinski definition) is 1. The van der Waals surface area contributed by atoms with Gasteiger partial charge in [0.2, 0.25) is 0 Å². The second-order valence-electron chi connectivity index (χ2n) is 4.77. The third kappa shape index (κ3) is 3.24. The van der Waals surface area contributed by atoms with Crippen LogP contribution in [-0.2, 0) is 6.42 Å². The zero-order valence-corrected chi connectivity index (χ0v) is 10.8. The molecular weight excluding hydrogens is 198 g/mol. The van der Waals surface area contributed by atoms with Crippen molar-refractivity contribution < 1.29 is 4.74 Å². The fraction of sp³-hybridized carbons (Fsp3) is 0.571. The van der Waals surface area contributed by atoms with Gasteiger partial charge in [0.15, 0.2) is 0 Å². The minimum Gasteiger partial charge on any atom is -0.496 e. The lowest BCUT2D eigenvalue weighted by molar-refractivity contribution is 0.405. The normalized spacial score (nSPS) is 12.9. The van der Waals surface area contributed by atoms with Gasteiger partial charge in [0.25, 0.3) is 0 Å². The molecule has 0 radical (unpaired) electrons. The van der Waals surface area contributed by atoms with Gasteiger partial charge >= 0.3 is 0 Å². The van der Waals surface area contributed by atoms with Crippen LogP contribution in [0.3, 0.4) is 0 Å². The first-order valence-electron chi connectivity index (χ1n) is 5.95. The van der Waals surface area contributed by atoms with Gasteiger partial charge in [-0.1, -0.05) is 32.9 Å². The molecule has 1 aromatic carbocycles. The average Bonchev–Trinajstić information content (AvgIpc) is 2.29. The Labute approximate surface area is 98.8 Å². The third-order valence-corrected chi connectivity index (χ3v) is 2.95. The molecule has 0 fully saturated rings. The predicted molar refractivity (Wildman–Crippen MR) is 69.0 cm³/mol. The van der Waals surface area contributed by atoms with E-state index in [9.17, 15) is 0 Å². The molecule has 0 heterocycles. The van der Waals surface area contributed by atoms with Crippen molar-refractivity contribution in [3.63, 3.8) is 0 Å². The molecule has 1 atom stereocenters. The van der Waals surface area contributed by atoms with Crippen molar-refractivity contribution in [1.82, 2.24) is 0 Å². The van der Waals surface area contributed by atoms with E-state index in [0.717, 1.165) is 18.7 Å². The zero-order chi connectivity index (χ0) is 12.1. The number of hydrogen-bond acceptors (Lipinski definition) is 2. The van der Waals surface area contributed by atoms with E-state index in [2.05, 4.69) is 39.0 Å². The van der Waals surface area contributed by atoms with Gasteiger partial charge < -0.3 is 10.5 Å². The van der Waals surface area contributed by atoms with Crippen LogP contribution in [0.1, 0.15) is 37.8 Å². The molecule has 0 aliphatic carbocycles. The molecule has 1 rings (SSSR count). The zero-order valence-electron chi connectivity index (χ0n) is 10.8. The van der Waals surface area contributed by atoms with Crippen molar-refractivity contribution >= 4 is 0 Å². The highest BCUT2D eigenvalue weighted by Crippen LogP contribution is 2.26. The van der Waals surface area contributed by atoms with Crippen LogP contribution in [0, 0.1) is 5.92 Å². The molecule has 2 heteroatoms.